The molecule has 0 saturated carbocycles. The van der Waals surface area contributed by atoms with Gasteiger partial charge < -0.3 is 74.0 Å². The van der Waals surface area contributed by atoms with Gasteiger partial charge in [-0.15, -0.1) is 0 Å². The Hall–Kier alpha value is -3.20. The van der Waals surface area contributed by atoms with Crippen molar-refractivity contribution < 1.29 is 83.6 Å². The van der Waals surface area contributed by atoms with E-state index in [1.165, 1.54) is 18.2 Å². The lowest BCUT2D eigenvalue weighted by Crippen LogP contribution is -2.60. The summed E-state index contributed by atoms with van der Waals surface area (Å²) in [5, 5.41) is 80.8. The summed E-state index contributed by atoms with van der Waals surface area (Å²) in [4.78, 5) is 25.7. The van der Waals surface area contributed by atoms with Crippen LogP contribution >= 0.6 is 0 Å². The number of phenolic OH excluding ortho intramolecular Hbond substituents is 1. The van der Waals surface area contributed by atoms with Crippen LogP contribution in [0.15, 0.2) is 47.7 Å². The molecule has 0 bridgehead atoms. The second kappa shape index (κ2) is 17.0. The molecule has 0 unspecified atom stereocenters. The predicted molar refractivity (Wildman–Crippen MR) is 157 cm³/mol. The first-order valence-electron chi connectivity index (χ1n) is 15.2. The summed E-state index contributed by atoms with van der Waals surface area (Å²) in [6.45, 7) is 0.335. The molecule has 1 aromatic carbocycles. The largest absolute Gasteiger partial charge is 0.508 e. The van der Waals surface area contributed by atoms with Gasteiger partial charge in [0.2, 0.25) is 6.29 Å². The molecule has 2 fully saturated rings. The standard InChI is InChI=1S/C31H42O17/c1-3-16-17(18(28(41)42-2)12-45-29(16)48-31-27(40)24(37)22(35)19(11-32)46-31)10-21(34)44-13-20-23(36)25(38)26(39)30(47-20)43-9-8-14-4-6-15(33)7-5-14/h3-7,12,17,19-20,22-27,29-33,35-40H,8-11,13H2,1-2H3/t17-,19+,20-,22-,23+,24-,25-,26+,27+,29+,30+,31+/m0/s1. The lowest BCUT2D eigenvalue weighted by Gasteiger charge is -2.42. The molecule has 3 heterocycles. The van der Waals surface area contributed by atoms with E-state index in [0.29, 0.717) is 6.42 Å². The van der Waals surface area contributed by atoms with Crippen LogP contribution in [0.5, 0.6) is 5.75 Å². The zero-order chi connectivity index (χ0) is 35.1. The summed E-state index contributed by atoms with van der Waals surface area (Å²) in [5.74, 6) is -2.69. The Kier molecular flexibility index (Phi) is 13.3. The van der Waals surface area contributed by atoms with E-state index in [9.17, 15) is 50.4 Å². The summed E-state index contributed by atoms with van der Waals surface area (Å²) in [6, 6.07) is 6.37. The molecule has 8 N–H and O–H groups in total. The number of hydrogen-bond donors (Lipinski definition) is 8. The number of aliphatic hydroxyl groups is 7. The third kappa shape index (κ3) is 8.68. The third-order valence-electron chi connectivity index (χ3n) is 8.29. The smallest absolute Gasteiger partial charge is 0.337 e. The minimum Gasteiger partial charge on any atom is -0.508 e. The SMILES string of the molecule is CC=C1[C@@H](O[C@H]2O[C@H](CO)[C@H](O)[C@H](O)[C@H]2O)OC=C(C(=O)OC)[C@H]1CC(=O)OC[C@@H]1O[C@@H](OCCc2ccc(O)cc2)[C@H](O)[C@@H](O)[C@@H]1O. The molecule has 3 aliphatic heterocycles. The summed E-state index contributed by atoms with van der Waals surface area (Å²) in [6.07, 6.45) is -14.6. The van der Waals surface area contributed by atoms with Gasteiger partial charge in [-0.3, -0.25) is 4.79 Å². The molecule has 1 aromatic rings. The molecule has 17 heteroatoms. The molecule has 4 rings (SSSR count). The van der Waals surface area contributed by atoms with E-state index in [1.54, 1.807) is 19.1 Å². The fourth-order valence-corrected chi connectivity index (χ4v) is 5.47. The number of ether oxygens (including phenoxy) is 7. The topological polar surface area (TPSA) is 261 Å². The molecule has 0 aromatic heterocycles. The van der Waals surface area contributed by atoms with Crippen LogP contribution in [0.3, 0.4) is 0 Å². The summed E-state index contributed by atoms with van der Waals surface area (Å²) >= 11 is 0. The lowest BCUT2D eigenvalue weighted by atomic mass is 9.86. The van der Waals surface area contributed by atoms with Crippen molar-refractivity contribution in [1.29, 1.82) is 0 Å². The minimum atomic E-state index is -1.75. The molecule has 0 radical (unpaired) electrons. The van der Waals surface area contributed by atoms with Crippen LogP contribution in [-0.4, -0.2) is 147 Å². The maximum Gasteiger partial charge on any atom is 0.337 e. The van der Waals surface area contributed by atoms with Crippen molar-refractivity contribution in [3.63, 3.8) is 0 Å². The zero-order valence-electron chi connectivity index (χ0n) is 26.2. The maximum absolute atomic E-state index is 13.1. The van der Waals surface area contributed by atoms with Gasteiger partial charge in [0.05, 0.1) is 38.6 Å². The number of carbonyl (C=O) groups excluding carboxylic acids is 2. The molecule has 3 aliphatic rings. The second-order valence-electron chi connectivity index (χ2n) is 11.4. The highest BCUT2D eigenvalue weighted by Crippen LogP contribution is 2.36. The molecule has 2 saturated heterocycles. The fraction of sp³-hybridized carbons (Fsp3) is 0.613. The highest BCUT2D eigenvalue weighted by molar-refractivity contribution is 5.90. The van der Waals surface area contributed by atoms with Crippen LogP contribution in [-0.2, 0) is 49.2 Å². The Morgan fingerprint density at radius 1 is 0.875 bits per heavy atom. The van der Waals surface area contributed by atoms with Gasteiger partial charge in [-0.2, -0.15) is 0 Å². The molecule has 0 spiro atoms. The number of benzene rings is 1. The quantitative estimate of drug-likeness (QED) is 0.0834. The van der Waals surface area contributed by atoms with E-state index < -0.39 is 105 Å². The molecule has 268 valence electrons. The van der Waals surface area contributed by atoms with Crippen molar-refractivity contribution in [2.75, 3.05) is 26.9 Å². The van der Waals surface area contributed by atoms with Gasteiger partial charge in [-0.25, -0.2) is 4.79 Å². The molecule has 0 amide bonds. The number of allylic oxidation sites excluding steroid dienone is 1. The van der Waals surface area contributed by atoms with E-state index in [2.05, 4.69) is 0 Å². The first kappa shape index (κ1) is 37.6. The van der Waals surface area contributed by atoms with Gasteiger partial charge in [0.25, 0.3) is 0 Å². The van der Waals surface area contributed by atoms with Crippen LogP contribution < -0.4 is 0 Å². The normalized spacial score (nSPS) is 36.2. The molecule has 48 heavy (non-hydrogen) atoms. The second-order valence-corrected chi connectivity index (χ2v) is 11.4. The van der Waals surface area contributed by atoms with E-state index in [-0.39, 0.29) is 23.5 Å². The van der Waals surface area contributed by atoms with Crippen molar-refractivity contribution in [3.05, 3.63) is 53.3 Å². The Morgan fingerprint density at radius 2 is 1.50 bits per heavy atom. The lowest BCUT2D eigenvalue weighted by molar-refractivity contribution is -0.327. The Labute approximate surface area is 275 Å². The van der Waals surface area contributed by atoms with E-state index in [0.717, 1.165) is 18.9 Å². The first-order chi connectivity index (χ1) is 22.9. The Morgan fingerprint density at radius 3 is 2.12 bits per heavy atom. The highest BCUT2D eigenvalue weighted by atomic mass is 16.8. The summed E-state index contributed by atoms with van der Waals surface area (Å²) in [7, 11) is 1.12. The van der Waals surface area contributed by atoms with Crippen molar-refractivity contribution in [1.82, 2.24) is 0 Å². The van der Waals surface area contributed by atoms with Crippen molar-refractivity contribution in [3.8, 4) is 5.75 Å². The number of rotatable bonds is 12. The van der Waals surface area contributed by atoms with Gasteiger partial charge in [0.15, 0.2) is 12.6 Å². The average Bonchev–Trinajstić information content (AvgIpc) is 3.08. The van der Waals surface area contributed by atoms with Gasteiger partial charge in [0.1, 0.15) is 61.2 Å². The molecular formula is C31H42O17. The van der Waals surface area contributed by atoms with E-state index in [1.807, 2.05) is 0 Å². The maximum atomic E-state index is 13.1. The van der Waals surface area contributed by atoms with Crippen molar-refractivity contribution >= 4 is 11.9 Å². The van der Waals surface area contributed by atoms with Crippen LogP contribution in [0.25, 0.3) is 0 Å². The Bertz CT molecular complexity index is 1280. The molecule has 17 nitrogen and oxygen atoms in total. The number of hydrogen-bond acceptors (Lipinski definition) is 17. The fourth-order valence-electron chi connectivity index (χ4n) is 5.47. The highest BCUT2D eigenvalue weighted by Gasteiger charge is 2.48. The van der Waals surface area contributed by atoms with Gasteiger partial charge in [-0.05, 0) is 31.0 Å². The van der Waals surface area contributed by atoms with Gasteiger partial charge >= 0.3 is 11.9 Å². The van der Waals surface area contributed by atoms with E-state index >= 15 is 0 Å². The van der Waals surface area contributed by atoms with Crippen LogP contribution in [0.1, 0.15) is 18.9 Å². The number of aliphatic hydroxyl groups excluding tert-OH is 7. The third-order valence-corrected chi connectivity index (χ3v) is 8.29. The van der Waals surface area contributed by atoms with Crippen molar-refractivity contribution in [2.24, 2.45) is 5.92 Å². The Balaban J connectivity index is 1.39. The number of esters is 2. The van der Waals surface area contributed by atoms with Crippen LogP contribution in [0.2, 0.25) is 0 Å². The number of phenols is 1. The summed E-state index contributed by atoms with van der Waals surface area (Å²) < 4.78 is 38.0. The van der Waals surface area contributed by atoms with Gasteiger partial charge in [-0.1, -0.05) is 18.2 Å². The van der Waals surface area contributed by atoms with Crippen LogP contribution in [0, 0.1) is 5.92 Å². The predicted octanol–water partition coefficient (Wildman–Crippen LogP) is -2.52. The molecular weight excluding hydrogens is 644 g/mol. The summed E-state index contributed by atoms with van der Waals surface area (Å²) in [5.41, 5.74) is 0.922. The minimum absolute atomic E-state index is 0.0483. The number of methoxy groups -OCH3 is 1. The monoisotopic (exact) mass is 686 g/mol. The zero-order valence-corrected chi connectivity index (χ0v) is 26.2. The number of carbonyl (C=O) groups is 2. The number of aromatic hydroxyl groups is 1. The molecule has 0 aliphatic carbocycles. The first-order valence-corrected chi connectivity index (χ1v) is 15.2. The van der Waals surface area contributed by atoms with Crippen LogP contribution in [0.4, 0.5) is 0 Å². The van der Waals surface area contributed by atoms with Crippen molar-refractivity contribution in [2.45, 2.75) is 87.5 Å². The van der Waals surface area contributed by atoms with E-state index in [4.69, 9.17) is 33.2 Å². The molecule has 12 atom stereocenters. The average molecular weight is 687 g/mol. The van der Waals surface area contributed by atoms with Gasteiger partial charge in [0, 0.05) is 11.5 Å².